The van der Waals surface area contributed by atoms with Gasteiger partial charge in [-0.3, -0.25) is 4.90 Å². The van der Waals surface area contributed by atoms with Gasteiger partial charge in [-0.1, -0.05) is 42.6 Å². The van der Waals surface area contributed by atoms with E-state index >= 15 is 0 Å². The summed E-state index contributed by atoms with van der Waals surface area (Å²) >= 11 is 0. The van der Waals surface area contributed by atoms with Crippen molar-refractivity contribution in [3.05, 3.63) is 35.5 Å². The van der Waals surface area contributed by atoms with Gasteiger partial charge in [-0.05, 0) is 58.7 Å². The topological polar surface area (TPSA) is 3.24 Å². The SMILES string of the molecule is CCN(C/C=C/C#CC(C)(C)C)CC1=CCCC(C)=C1. The quantitative estimate of drug-likeness (QED) is 0.662. The lowest BCUT2D eigenvalue weighted by Gasteiger charge is -2.21. The molecule has 1 aliphatic carbocycles. The fourth-order valence-electron chi connectivity index (χ4n) is 2.13. The summed E-state index contributed by atoms with van der Waals surface area (Å²) in [6, 6.07) is 0. The highest BCUT2D eigenvalue weighted by atomic mass is 15.1. The molecule has 0 radical (unpaired) electrons. The molecule has 0 saturated carbocycles. The monoisotopic (exact) mass is 271 g/mol. The van der Waals surface area contributed by atoms with Gasteiger partial charge in [0.15, 0.2) is 0 Å². The van der Waals surface area contributed by atoms with Gasteiger partial charge in [-0.2, -0.15) is 0 Å². The van der Waals surface area contributed by atoms with Crippen LogP contribution < -0.4 is 0 Å². The van der Waals surface area contributed by atoms with Crippen molar-refractivity contribution in [1.82, 2.24) is 4.90 Å². The van der Waals surface area contributed by atoms with Crippen LogP contribution in [-0.2, 0) is 0 Å². The number of allylic oxidation sites excluding steroid dienone is 3. The van der Waals surface area contributed by atoms with Crippen LogP contribution in [0.1, 0.15) is 47.5 Å². The predicted octanol–water partition coefficient (Wildman–Crippen LogP) is 4.58. The maximum Gasteiger partial charge on any atom is 0.0233 e. The molecular weight excluding hydrogens is 242 g/mol. The molecule has 20 heavy (non-hydrogen) atoms. The van der Waals surface area contributed by atoms with Gasteiger partial charge in [-0.25, -0.2) is 0 Å². The van der Waals surface area contributed by atoms with Crippen LogP contribution >= 0.6 is 0 Å². The molecule has 1 nitrogen and oxygen atoms in total. The van der Waals surface area contributed by atoms with Gasteiger partial charge in [0.1, 0.15) is 0 Å². The molecule has 0 heterocycles. The van der Waals surface area contributed by atoms with Crippen molar-refractivity contribution in [2.75, 3.05) is 19.6 Å². The predicted molar refractivity (Wildman–Crippen MR) is 89.6 cm³/mol. The molecule has 0 unspecified atom stereocenters. The van der Waals surface area contributed by atoms with Crippen molar-refractivity contribution >= 4 is 0 Å². The second-order valence-electron chi connectivity index (χ2n) is 6.56. The van der Waals surface area contributed by atoms with Crippen LogP contribution in [0.15, 0.2) is 35.5 Å². The van der Waals surface area contributed by atoms with Crippen LogP contribution in [-0.4, -0.2) is 24.5 Å². The van der Waals surface area contributed by atoms with Gasteiger partial charge >= 0.3 is 0 Å². The molecule has 1 rings (SSSR count). The molecule has 0 fully saturated rings. The molecule has 0 aromatic rings. The molecular formula is C19H29N. The zero-order chi connectivity index (χ0) is 15.0. The van der Waals surface area contributed by atoms with Crippen LogP contribution in [0, 0.1) is 17.3 Å². The van der Waals surface area contributed by atoms with E-state index < -0.39 is 0 Å². The van der Waals surface area contributed by atoms with E-state index in [1.165, 1.54) is 24.0 Å². The van der Waals surface area contributed by atoms with E-state index in [1.807, 2.05) is 6.08 Å². The van der Waals surface area contributed by atoms with Gasteiger partial charge in [0, 0.05) is 18.5 Å². The third-order valence-electron chi connectivity index (χ3n) is 3.24. The third kappa shape index (κ3) is 7.36. The molecule has 0 saturated heterocycles. The van der Waals surface area contributed by atoms with E-state index in [0.29, 0.717) is 0 Å². The smallest absolute Gasteiger partial charge is 0.0233 e. The van der Waals surface area contributed by atoms with E-state index in [0.717, 1.165) is 19.6 Å². The Morgan fingerprint density at radius 3 is 2.70 bits per heavy atom. The Balaban J connectivity index is 2.45. The largest absolute Gasteiger partial charge is 0.296 e. The molecule has 110 valence electrons. The van der Waals surface area contributed by atoms with Crippen molar-refractivity contribution in [3.63, 3.8) is 0 Å². The van der Waals surface area contributed by atoms with Crippen molar-refractivity contribution in [3.8, 4) is 11.8 Å². The Kier molecular flexibility index (Phi) is 6.82. The Labute approximate surface area is 125 Å². The second kappa shape index (κ2) is 8.12. The summed E-state index contributed by atoms with van der Waals surface area (Å²) in [6.45, 7) is 13.9. The minimum Gasteiger partial charge on any atom is -0.296 e. The van der Waals surface area contributed by atoms with E-state index in [4.69, 9.17) is 0 Å². The lowest BCUT2D eigenvalue weighted by atomic mass is 9.98. The molecule has 0 amide bonds. The first kappa shape index (κ1) is 16.8. The van der Waals surface area contributed by atoms with Crippen LogP contribution in [0.3, 0.4) is 0 Å². The highest BCUT2D eigenvalue weighted by Gasteiger charge is 2.06. The van der Waals surface area contributed by atoms with Crippen LogP contribution in [0.5, 0.6) is 0 Å². The van der Waals surface area contributed by atoms with E-state index in [1.54, 1.807) is 0 Å². The van der Waals surface area contributed by atoms with Crippen molar-refractivity contribution in [1.29, 1.82) is 0 Å². The number of hydrogen-bond donors (Lipinski definition) is 0. The highest BCUT2D eigenvalue weighted by Crippen LogP contribution is 2.17. The molecule has 0 aromatic carbocycles. The summed E-state index contributed by atoms with van der Waals surface area (Å²) in [4.78, 5) is 2.44. The summed E-state index contributed by atoms with van der Waals surface area (Å²) in [5, 5.41) is 0. The summed E-state index contributed by atoms with van der Waals surface area (Å²) in [6.07, 6.45) is 11.3. The first-order chi connectivity index (χ1) is 9.40. The van der Waals surface area contributed by atoms with Gasteiger partial charge in [0.25, 0.3) is 0 Å². The summed E-state index contributed by atoms with van der Waals surface area (Å²) in [7, 11) is 0. The van der Waals surface area contributed by atoms with Crippen molar-refractivity contribution < 1.29 is 0 Å². The molecule has 0 aromatic heterocycles. The van der Waals surface area contributed by atoms with E-state index in [9.17, 15) is 0 Å². The standard InChI is InChI=1S/C19H29N/c1-6-20(14-9-7-8-13-19(3,4)5)16-18-12-10-11-17(2)15-18/h7,9,12,15H,6,10-11,14,16H2,1-5H3/b9-7+. The summed E-state index contributed by atoms with van der Waals surface area (Å²) < 4.78 is 0. The van der Waals surface area contributed by atoms with Gasteiger partial charge in [0.2, 0.25) is 0 Å². The lowest BCUT2D eigenvalue weighted by Crippen LogP contribution is -2.25. The van der Waals surface area contributed by atoms with Crippen molar-refractivity contribution in [2.24, 2.45) is 5.41 Å². The average Bonchev–Trinajstić information content (AvgIpc) is 2.35. The second-order valence-corrected chi connectivity index (χ2v) is 6.56. The Bertz CT molecular complexity index is 446. The molecule has 1 heteroatoms. The van der Waals surface area contributed by atoms with Crippen LogP contribution in [0.4, 0.5) is 0 Å². The van der Waals surface area contributed by atoms with Crippen LogP contribution in [0.25, 0.3) is 0 Å². The number of hydrogen-bond acceptors (Lipinski definition) is 1. The average molecular weight is 271 g/mol. The summed E-state index contributed by atoms with van der Waals surface area (Å²) in [5.74, 6) is 6.36. The lowest BCUT2D eigenvalue weighted by molar-refractivity contribution is 0.348. The molecule has 0 N–H and O–H groups in total. The molecule has 0 bridgehead atoms. The number of likely N-dealkylation sites (N-methyl/N-ethyl adjacent to an activating group) is 1. The minimum absolute atomic E-state index is 0.0873. The van der Waals surface area contributed by atoms with E-state index in [2.05, 4.69) is 69.6 Å². The first-order valence-corrected chi connectivity index (χ1v) is 7.67. The maximum atomic E-state index is 3.22. The normalized spacial score (nSPS) is 15.9. The first-order valence-electron chi connectivity index (χ1n) is 7.67. The van der Waals surface area contributed by atoms with E-state index in [-0.39, 0.29) is 5.41 Å². The minimum atomic E-state index is 0.0873. The Morgan fingerprint density at radius 1 is 1.35 bits per heavy atom. The highest BCUT2D eigenvalue weighted by molar-refractivity contribution is 5.28. The van der Waals surface area contributed by atoms with Crippen LogP contribution in [0.2, 0.25) is 0 Å². The number of nitrogens with zero attached hydrogens (tertiary/aromatic N) is 1. The van der Waals surface area contributed by atoms with Gasteiger partial charge < -0.3 is 0 Å². The fraction of sp³-hybridized carbons (Fsp3) is 0.579. The molecule has 0 spiro atoms. The zero-order valence-electron chi connectivity index (χ0n) is 13.8. The van der Waals surface area contributed by atoms with Gasteiger partial charge in [-0.15, -0.1) is 0 Å². The summed E-state index contributed by atoms with van der Waals surface area (Å²) in [5.41, 5.74) is 3.05. The molecule has 0 aliphatic heterocycles. The fourth-order valence-corrected chi connectivity index (χ4v) is 2.13. The molecule has 1 aliphatic rings. The van der Waals surface area contributed by atoms with Crippen molar-refractivity contribution in [2.45, 2.75) is 47.5 Å². The zero-order valence-corrected chi connectivity index (χ0v) is 13.8. The Hall–Kier alpha value is -1.26. The Morgan fingerprint density at radius 2 is 2.10 bits per heavy atom. The third-order valence-corrected chi connectivity index (χ3v) is 3.24. The molecule has 0 atom stereocenters. The maximum absolute atomic E-state index is 3.22. The number of rotatable bonds is 5. The van der Waals surface area contributed by atoms with Gasteiger partial charge in [0.05, 0.1) is 0 Å².